The van der Waals surface area contributed by atoms with Gasteiger partial charge >= 0.3 is 0 Å². The molecule has 138 valence electrons. The fourth-order valence-electron chi connectivity index (χ4n) is 3.58. The Morgan fingerprint density at radius 2 is 1.88 bits per heavy atom. The van der Waals surface area contributed by atoms with E-state index < -0.39 is 0 Å². The van der Waals surface area contributed by atoms with Gasteiger partial charge in [-0.2, -0.15) is 0 Å². The minimum Gasteiger partial charge on any atom is -0.363 e. The highest BCUT2D eigenvalue weighted by molar-refractivity contribution is 5.78. The number of rotatable bonds is 5. The van der Waals surface area contributed by atoms with Crippen LogP contribution < -0.4 is 0 Å². The zero-order valence-electron chi connectivity index (χ0n) is 15.2. The molecule has 25 heavy (non-hydrogen) atoms. The van der Waals surface area contributed by atoms with Gasteiger partial charge in [0.25, 0.3) is 0 Å². The molecule has 0 aromatic heterocycles. The molecule has 1 amide bonds. The van der Waals surface area contributed by atoms with Gasteiger partial charge < -0.3 is 14.5 Å². The fraction of sp³-hybridized carbons (Fsp3) is 0.632. The summed E-state index contributed by atoms with van der Waals surface area (Å²) in [6, 6.07) is 6.72. The number of carbonyl (C=O) groups is 1. The molecule has 2 aliphatic rings. The molecule has 0 radical (unpaired) electrons. The Morgan fingerprint density at radius 1 is 1.20 bits per heavy atom. The van der Waals surface area contributed by atoms with E-state index in [0.29, 0.717) is 6.54 Å². The van der Waals surface area contributed by atoms with Gasteiger partial charge in [-0.15, -0.1) is 0 Å². The van der Waals surface area contributed by atoms with E-state index in [2.05, 4.69) is 9.80 Å². The molecule has 2 fully saturated rings. The summed E-state index contributed by atoms with van der Waals surface area (Å²) in [5.74, 6) is -0.0966. The molecule has 0 saturated carbocycles. The molecule has 6 heteroatoms. The number of piperidine rings is 1. The van der Waals surface area contributed by atoms with E-state index in [4.69, 9.17) is 4.74 Å². The van der Waals surface area contributed by atoms with Crippen molar-refractivity contribution in [1.82, 2.24) is 14.7 Å². The van der Waals surface area contributed by atoms with Crippen molar-refractivity contribution in [1.29, 1.82) is 0 Å². The number of benzene rings is 1. The molecule has 2 saturated heterocycles. The maximum Gasteiger partial charge on any atom is 0.248 e. The van der Waals surface area contributed by atoms with Crippen LogP contribution in [-0.4, -0.2) is 79.6 Å². The van der Waals surface area contributed by atoms with Gasteiger partial charge in [0.1, 0.15) is 12.4 Å². The van der Waals surface area contributed by atoms with Crippen molar-refractivity contribution in [2.75, 3.05) is 53.4 Å². The van der Waals surface area contributed by atoms with Crippen LogP contribution in [0.25, 0.3) is 0 Å². The highest BCUT2D eigenvalue weighted by atomic mass is 19.1. The highest BCUT2D eigenvalue weighted by Gasteiger charge is 2.42. The number of likely N-dealkylation sites (N-methyl/N-ethyl adjacent to an activating group) is 1. The first-order chi connectivity index (χ1) is 12.0. The quantitative estimate of drug-likeness (QED) is 0.809. The molecule has 0 unspecified atom stereocenters. The van der Waals surface area contributed by atoms with Crippen molar-refractivity contribution in [3.8, 4) is 0 Å². The summed E-state index contributed by atoms with van der Waals surface area (Å²) in [5, 5.41) is 0. The monoisotopic (exact) mass is 349 g/mol. The van der Waals surface area contributed by atoms with E-state index in [1.165, 1.54) is 12.1 Å². The van der Waals surface area contributed by atoms with Gasteiger partial charge in [-0.25, -0.2) is 4.39 Å². The Morgan fingerprint density at radius 3 is 2.52 bits per heavy atom. The van der Waals surface area contributed by atoms with Crippen LogP contribution in [0, 0.1) is 5.82 Å². The Hall–Kier alpha value is -1.50. The van der Waals surface area contributed by atoms with Crippen LogP contribution in [0.4, 0.5) is 4.39 Å². The Kier molecular flexibility index (Phi) is 5.71. The van der Waals surface area contributed by atoms with Crippen LogP contribution in [0.5, 0.6) is 0 Å². The minimum absolute atomic E-state index is 0.0983. The second-order valence-electron chi connectivity index (χ2n) is 7.49. The standard InChI is InChI=1S/C19H28FN3O2/c1-21(2)11-12-23-15-19(25-14-18(23)24)7-9-22(10-8-19)13-16-3-5-17(20)6-4-16/h3-6H,7-15H2,1-2H3. The van der Waals surface area contributed by atoms with E-state index in [0.717, 1.165) is 51.1 Å². The predicted molar refractivity (Wildman–Crippen MR) is 94.7 cm³/mol. The topological polar surface area (TPSA) is 36.0 Å². The number of halogens is 1. The van der Waals surface area contributed by atoms with Gasteiger partial charge in [0.2, 0.25) is 5.91 Å². The van der Waals surface area contributed by atoms with E-state index in [-0.39, 0.29) is 23.9 Å². The van der Waals surface area contributed by atoms with E-state index in [1.807, 2.05) is 31.1 Å². The molecule has 5 nitrogen and oxygen atoms in total. The third kappa shape index (κ3) is 4.77. The molecule has 1 aromatic carbocycles. The van der Waals surface area contributed by atoms with E-state index in [9.17, 15) is 9.18 Å². The Labute approximate surface area is 149 Å². The Bertz CT molecular complexity index is 583. The SMILES string of the molecule is CN(C)CCN1CC2(CCN(Cc3ccc(F)cc3)CC2)OCC1=O. The third-order valence-electron chi connectivity index (χ3n) is 5.24. The normalized spacial score (nSPS) is 21.3. The molecule has 0 bridgehead atoms. The summed E-state index contributed by atoms with van der Waals surface area (Å²) in [6.07, 6.45) is 1.86. The van der Waals surface area contributed by atoms with Crippen molar-refractivity contribution in [2.24, 2.45) is 0 Å². The van der Waals surface area contributed by atoms with Crippen molar-refractivity contribution >= 4 is 5.91 Å². The average molecular weight is 349 g/mol. The molecule has 2 heterocycles. The van der Waals surface area contributed by atoms with Crippen LogP contribution in [-0.2, 0) is 16.1 Å². The van der Waals surface area contributed by atoms with Gasteiger partial charge in [-0.05, 0) is 44.6 Å². The molecule has 0 aliphatic carbocycles. The lowest BCUT2D eigenvalue weighted by atomic mass is 9.89. The first kappa shape index (κ1) is 18.3. The minimum atomic E-state index is -0.195. The summed E-state index contributed by atoms with van der Waals surface area (Å²) >= 11 is 0. The summed E-state index contributed by atoms with van der Waals surface area (Å²) < 4.78 is 19.0. The molecular formula is C19H28FN3O2. The van der Waals surface area contributed by atoms with Gasteiger partial charge in [0, 0.05) is 39.3 Å². The molecule has 3 rings (SSSR count). The summed E-state index contributed by atoms with van der Waals surface area (Å²) in [6.45, 7) is 5.24. The summed E-state index contributed by atoms with van der Waals surface area (Å²) in [4.78, 5) is 18.5. The smallest absolute Gasteiger partial charge is 0.248 e. The molecular weight excluding hydrogens is 321 g/mol. The molecule has 1 spiro atoms. The number of ether oxygens (including phenoxy) is 1. The number of amides is 1. The average Bonchev–Trinajstić information content (AvgIpc) is 2.60. The fourth-order valence-corrected chi connectivity index (χ4v) is 3.58. The number of nitrogens with zero attached hydrogens (tertiary/aromatic N) is 3. The first-order valence-electron chi connectivity index (χ1n) is 8.99. The summed E-state index contributed by atoms with van der Waals surface area (Å²) in [7, 11) is 4.04. The zero-order chi connectivity index (χ0) is 17.9. The molecule has 1 aromatic rings. The predicted octanol–water partition coefficient (Wildman–Crippen LogP) is 1.58. The lowest BCUT2D eigenvalue weighted by molar-refractivity contribution is -0.171. The molecule has 2 aliphatic heterocycles. The van der Waals surface area contributed by atoms with Crippen molar-refractivity contribution in [3.63, 3.8) is 0 Å². The number of likely N-dealkylation sites (tertiary alicyclic amines) is 1. The lowest BCUT2D eigenvalue weighted by Crippen LogP contribution is -2.59. The molecule has 0 atom stereocenters. The van der Waals surface area contributed by atoms with Crippen molar-refractivity contribution < 1.29 is 13.9 Å². The molecule has 0 N–H and O–H groups in total. The highest BCUT2D eigenvalue weighted by Crippen LogP contribution is 2.31. The van der Waals surface area contributed by atoms with E-state index >= 15 is 0 Å². The largest absolute Gasteiger partial charge is 0.363 e. The van der Waals surface area contributed by atoms with Crippen LogP contribution in [0.15, 0.2) is 24.3 Å². The first-order valence-corrected chi connectivity index (χ1v) is 8.99. The van der Waals surface area contributed by atoms with Gasteiger partial charge in [0.15, 0.2) is 0 Å². The number of hydrogen-bond acceptors (Lipinski definition) is 4. The lowest BCUT2D eigenvalue weighted by Gasteiger charge is -2.47. The van der Waals surface area contributed by atoms with Crippen LogP contribution in [0.2, 0.25) is 0 Å². The second-order valence-corrected chi connectivity index (χ2v) is 7.49. The van der Waals surface area contributed by atoms with Crippen molar-refractivity contribution in [3.05, 3.63) is 35.6 Å². The third-order valence-corrected chi connectivity index (χ3v) is 5.24. The maximum absolute atomic E-state index is 13.0. The second kappa shape index (κ2) is 7.81. The number of carbonyl (C=O) groups excluding carboxylic acids is 1. The maximum atomic E-state index is 13.0. The van der Waals surface area contributed by atoms with Crippen LogP contribution >= 0.6 is 0 Å². The van der Waals surface area contributed by atoms with Crippen molar-refractivity contribution in [2.45, 2.75) is 25.0 Å². The number of hydrogen-bond donors (Lipinski definition) is 0. The van der Waals surface area contributed by atoms with Crippen LogP contribution in [0.1, 0.15) is 18.4 Å². The van der Waals surface area contributed by atoms with E-state index in [1.54, 1.807) is 0 Å². The Balaban J connectivity index is 1.53. The van der Waals surface area contributed by atoms with Gasteiger partial charge in [-0.1, -0.05) is 12.1 Å². The zero-order valence-corrected chi connectivity index (χ0v) is 15.2. The van der Waals surface area contributed by atoms with Crippen LogP contribution in [0.3, 0.4) is 0 Å². The van der Waals surface area contributed by atoms with Gasteiger partial charge in [-0.3, -0.25) is 9.69 Å². The summed E-state index contributed by atoms with van der Waals surface area (Å²) in [5.41, 5.74) is 0.934. The number of morpholine rings is 1. The van der Waals surface area contributed by atoms with Gasteiger partial charge in [0.05, 0.1) is 5.60 Å².